The quantitative estimate of drug-likeness (QED) is 0.832. The van der Waals surface area contributed by atoms with Gasteiger partial charge in [0, 0.05) is 36.6 Å². The lowest BCUT2D eigenvalue weighted by Gasteiger charge is -2.21. The Hall–Kier alpha value is -2.56. The van der Waals surface area contributed by atoms with Crippen LogP contribution in [0.3, 0.4) is 0 Å². The number of nitrogens with two attached hydrogens (primary N) is 1. The molecule has 0 saturated carbocycles. The normalized spacial score (nSPS) is 13.0. The number of rotatable bonds is 3. The SMILES string of the molecule is Nc1ccncc1CC(=O)c1cccc2c1OCCN2. The summed E-state index contributed by atoms with van der Waals surface area (Å²) in [6, 6.07) is 7.23. The maximum absolute atomic E-state index is 12.4. The number of carbonyl (C=O) groups is 1. The minimum absolute atomic E-state index is 0.0229. The fraction of sp³-hybridized carbons (Fsp3) is 0.200. The molecular weight excluding hydrogens is 254 g/mol. The van der Waals surface area contributed by atoms with Crippen LogP contribution < -0.4 is 15.8 Å². The molecule has 1 aromatic heterocycles. The van der Waals surface area contributed by atoms with Crippen molar-refractivity contribution in [3.63, 3.8) is 0 Å². The summed E-state index contributed by atoms with van der Waals surface area (Å²) in [6.45, 7) is 1.31. The fourth-order valence-electron chi connectivity index (χ4n) is 2.24. The Morgan fingerprint density at radius 3 is 3.15 bits per heavy atom. The van der Waals surface area contributed by atoms with E-state index in [1.54, 1.807) is 24.5 Å². The van der Waals surface area contributed by atoms with Crippen LogP contribution in [0.25, 0.3) is 0 Å². The second kappa shape index (κ2) is 5.21. The van der Waals surface area contributed by atoms with Gasteiger partial charge < -0.3 is 15.8 Å². The average molecular weight is 269 g/mol. The summed E-state index contributed by atoms with van der Waals surface area (Å²) in [5.74, 6) is 0.608. The molecule has 102 valence electrons. The summed E-state index contributed by atoms with van der Waals surface area (Å²) >= 11 is 0. The van der Waals surface area contributed by atoms with E-state index in [0.717, 1.165) is 17.8 Å². The Balaban J connectivity index is 1.90. The van der Waals surface area contributed by atoms with Gasteiger partial charge in [0.2, 0.25) is 0 Å². The number of hydrogen-bond donors (Lipinski definition) is 2. The Morgan fingerprint density at radius 1 is 1.40 bits per heavy atom. The number of fused-ring (bicyclic) bond motifs is 1. The van der Waals surface area contributed by atoms with Gasteiger partial charge in [0.1, 0.15) is 6.61 Å². The number of para-hydroxylation sites is 1. The predicted molar refractivity (Wildman–Crippen MR) is 77.1 cm³/mol. The molecule has 0 radical (unpaired) electrons. The Morgan fingerprint density at radius 2 is 2.30 bits per heavy atom. The van der Waals surface area contributed by atoms with Crippen molar-refractivity contribution in [3.05, 3.63) is 47.8 Å². The first kappa shape index (κ1) is 12.5. The van der Waals surface area contributed by atoms with Gasteiger partial charge in [0.25, 0.3) is 0 Å². The molecule has 5 heteroatoms. The van der Waals surface area contributed by atoms with Crippen LogP contribution in [-0.2, 0) is 6.42 Å². The number of nitrogens with zero attached hydrogens (tertiary/aromatic N) is 1. The Kier molecular flexibility index (Phi) is 3.25. The molecule has 0 atom stereocenters. The zero-order valence-corrected chi connectivity index (χ0v) is 10.9. The number of carbonyl (C=O) groups excluding carboxylic acids is 1. The van der Waals surface area contributed by atoms with Crippen LogP contribution in [0.1, 0.15) is 15.9 Å². The fourth-order valence-corrected chi connectivity index (χ4v) is 2.24. The van der Waals surface area contributed by atoms with Gasteiger partial charge in [-0.25, -0.2) is 0 Å². The highest BCUT2D eigenvalue weighted by molar-refractivity contribution is 6.02. The van der Waals surface area contributed by atoms with Crippen LogP contribution in [-0.4, -0.2) is 23.9 Å². The van der Waals surface area contributed by atoms with E-state index in [1.807, 2.05) is 12.1 Å². The van der Waals surface area contributed by atoms with Gasteiger partial charge in [-0.3, -0.25) is 9.78 Å². The van der Waals surface area contributed by atoms with Crippen LogP contribution in [0.15, 0.2) is 36.7 Å². The first-order valence-corrected chi connectivity index (χ1v) is 6.47. The molecule has 0 bridgehead atoms. The van der Waals surface area contributed by atoms with E-state index in [1.165, 1.54) is 0 Å². The number of nitrogens with one attached hydrogen (secondary N) is 1. The molecule has 3 rings (SSSR count). The zero-order valence-electron chi connectivity index (χ0n) is 10.9. The highest BCUT2D eigenvalue weighted by Crippen LogP contribution is 2.32. The molecular formula is C15H15N3O2. The van der Waals surface area contributed by atoms with Crippen molar-refractivity contribution in [2.75, 3.05) is 24.2 Å². The molecule has 0 unspecified atom stereocenters. The highest BCUT2D eigenvalue weighted by Gasteiger charge is 2.19. The monoisotopic (exact) mass is 269 g/mol. The summed E-state index contributed by atoms with van der Waals surface area (Å²) in [7, 11) is 0. The van der Waals surface area contributed by atoms with Gasteiger partial charge in [-0.1, -0.05) is 6.07 Å². The van der Waals surface area contributed by atoms with Gasteiger partial charge in [-0.2, -0.15) is 0 Å². The number of Topliss-reactive ketones (excluding diaryl/α,β-unsaturated/α-hetero) is 1. The molecule has 1 aromatic carbocycles. The number of ether oxygens (including phenoxy) is 1. The summed E-state index contributed by atoms with van der Waals surface area (Å²) in [6.07, 6.45) is 3.46. The Bertz CT molecular complexity index is 655. The molecule has 0 aliphatic carbocycles. The van der Waals surface area contributed by atoms with Crippen molar-refractivity contribution in [1.29, 1.82) is 0 Å². The molecule has 3 N–H and O–H groups in total. The number of hydrogen-bond acceptors (Lipinski definition) is 5. The molecule has 1 aliphatic rings. The molecule has 0 saturated heterocycles. The number of anilines is 2. The summed E-state index contributed by atoms with van der Waals surface area (Å²) in [5, 5.41) is 3.22. The summed E-state index contributed by atoms with van der Waals surface area (Å²) < 4.78 is 5.61. The first-order chi connectivity index (χ1) is 9.75. The van der Waals surface area contributed by atoms with Crippen molar-refractivity contribution in [1.82, 2.24) is 4.98 Å². The molecule has 0 spiro atoms. The molecule has 2 aromatic rings. The van der Waals surface area contributed by atoms with Crippen molar-refractivity contribution in [2.24, 2.45) is 0 Å². The second-order valence-electron chi connectivity index (χ2n) is 4.63. The van der Waals surface area contributed by atoms with E-state index >= 15 is 0 Å². The third kappa shape index (κ3) is 2.30. The predicted octanol–water partition coefficient (Wildman–Crippen LogP) is 1.89. The lowest BCUT2D eigenvalue weighted by atomic mass is 10.0. The van der Waals surface area contributed by atoms with Crippen LogP contribution in [0, 0.1) is 0 Å². The third-order valence-corrected chi connectivity index (χ3v) is 3.27. The minimum atomic E-state index is -0.0229. The maximum Gasteiger partial charge on any atom is 0.171 e. The van der Waals surface area contributed by atoms with Gasteiger partial charge in [0.05, 0.1) is 11.3 Å². The van der Waals surface area contributed by atoms with E-state index in [-0.39, 0.29) is 12.2 Å². The van der Waals surface area contributed by atoms with Gasteiger partial charge in [-0.15, -0.1) is 0 Å². The number of benzene rings is 1. The summed E-state index contributed by atoms with van der Waals surface area (Å²) in [4.78, 5) is 16.5. The van der Waals surface area contributed by atoms with Crippen molar-refractivity contribution in [3.8, 4) is 5.75 Å². The summed E-state index contributed by atoms with van der Waals surface area (Å²) in [5.41, 5.74) is 8.61. The Labute approximate surface area is 116 Å². The molecule has 0 amide bonds. The molecule has 20 heavy (non-hydrogen) atoms. The van der Waals surface area contributed by atoms with E-state index < -0.39 is 0 Å². The lowest BCUT2D eigenvalue weighted by molar-refractivity contribution is 0.0989. The molecule has 1 aliphatic heterocycles. The lowest BCUT2D eigenvalue weighted by Crippen LogP contribution is -2.20. The van der Waals surface area contributed by atoms with Gasteiger partial charge in [-0.05, 0) is 18.2 Å². The molecule has 2 heterocycles. The largest absolute Gasteiger partial charge is 0.489 e. The van der Waals surface area contributed by atoms with Crippen LogP contribution in [0.4, 0.5) is 11.4 Å². The topological polar surface area (TPSA) is 77.2 Å². The van der Waals surface area contributed by atoms with E-state index in [2.05, 4.69) is 10.3 Å². The van der Waals surface area contributed by atoms with E-state index in [9.17, 15) is 4.79 Å². The third-order valence-electron chi connectivity index (χ3n) is 3.27. The number of ketones is 1. The first-order valence-electron chi connectivity index (χ1n) is 6.47. The number of aromatic nitrogens is 1. The standard InChI is InChI=1S/C15H15N3O2/c16-12-4-5-17-9-10(12)8-14(19)11-2-1-3-13-15(11)20-7-6-18-13/h1-5,9,18H,6-8H2,(H2,16,17). The van der Waals surface area contributed by atoms with Crippen molar-refractivity contribution < 1.29 is 9.53 Å². The number of nitrogen functional groups attached to an aromatic ring is 1. The smallest absolute Gasteiger partial charge is 0.171 e. The van der Waals surface area contributed by atoms with Crippen molar-refractivity contribution in [2.45, 2.75) is 6.42 Å². The van der Waals surface area contributed by atoms with Crippen molar-refractivity contribution >= 4 is 17.2 Å². The van der Waals surface area contributed by atoms with Crippen LogP contribution in [0.5, 0.6) is 5.75 Å². The van der Waals surface area contributed by atoms with Crippen LogP contribution in [0.2, 0.25) is 0 Å². The molecule has 5 nitrogen and oxygen atoms in total. The van der Waals surface area contributed by atoms with Gasteiger partial charge in [0.15, 0.2) is 11.5 Å². The molecule has 0 fully saturated rings. The number of pyridine rings is 1. The second-order valence-corrected chi connectivity index (χ2v) is 4.63. The van der Waals surface area contributed by atoms with E-state index in [4.69, 9.17) is 10.5 Å². The minimum Gasteiger partial charge on any atom is -0.489 e. The average Bonchev–Trinajstić information content (AvgIpc) is 2.49. The highest BCUT2D eigenvalue weighted by atomic mass is 16.5. The van der Waals surface area contributed by atoms with Crippen LogP contribution >= 0.6 is 0 Å². The zero-order chi connectivity index (χ0) is 13.9. The maximum atomic E-state index is 12.4. The van der Waals surface area contributed by atoms with E-state index in [0.29, 0.717) is 23.6 Å². The van der Waals surface area contributed by atoms with Gasteiger partial charge >= 0.3 is 0 Å².